The summed E-state index contributed by atoms with van der Waals surface area (Å²) in [5, 5.41) is 0. The zero-order chi connectivity index (χ0) is 18.1. The van der Waals surface area contributed by atoms with E-state index in [2.05, 4.69) is 0 Å². The average molecular weight is 374 g/mol. The highest BCUT2D eigenvalue weighted by molar-refractivity contribution is 7.94. The molecule has 0 saturated carbocycles. The van der Waals surface area contributed by atoms with Crippen molar-refractivity contribution in [3.05, 3.63) is 23.8 Å². The van der Waals surface area contributed by atoms with Gasteiger partial charge in [0.05, 0.1) is 16.3 Å². The standard InChI is InChI=1S/C15H22N2O5S2/c1-4-5-9-16(3)24(21,22)14-7-6-13(11-12(14)2)17-15(18)8-10-23(17,19)20/h6-7,11H,4-5,8-10H2,1-3H3. The fraction of sp³-hybridized carbons (Fsp3) is 0.533. The Morgan fingerprint density at radius 2 is 1.96 bits per heavy atom. The van der Waals surface area contributed by atoms with E-state index in [1.165, 1.54) is 29.6 Å². The van der Waals surface area contributed by atoms with Crippen LogP contribution in [-0.4, -0.2) is 46.4 Å². The van der Waals surface area contributed by atoms with E-state index in [4.69, 9.17) is 0 Å². The highest BCUT2D eigenvalue weighted by Gasteiger charge is 2.36. The molecule has 0 N–H and O–H groups in total. The first-order valence-electron chi connectivity index (χ1n) is 7.74. The smallest absolute Gasteiger partial charge is 0.243 e. The molecule has 9 heteroatoms. The van der Waals surface area contributed by atoms with Gasteiger partial charge in [-0.05, 0) is 37.1 Å². The van der Waals surface area contributed by atoms with Crippen molar-refractivity contribution in [2.45, 2.75) is 38.0 Å². The van der Waals surface area contributed by atoms with Crippen LogP contribution in [0.4, 0.5) is 5.69 Å². The molecule has 1 aromatic carbocycles. The summed E-state index contributed by atoms with van der Waals surface area (Å²) in [5.41, 5.74) is 0.593. The monoisotopic (exact) mass is 374 g/mol. The molecule has 134 valence electrons. The number of hydrogen-bond donors (Lipinski definition) is 0. The Kier molecular flexibility index (Phi) is 5.36. The number of carbonyl (C=O) groups excluding carboxylic acids is 1. The fourth-order valence-corrected chi connectivity index (χ4v) is 5.45. The van der Waals surface area contributed by atoms with E-state index in [9.17, 15) is 21.6 Å². The average Bonchev–Trinajstić information content (AvgIpc) is 2.77. The molecule has 2 rings (SSSR count). The topological polar surface area (TPSA) is 91.8 Å². The molecule has 1 heterocycles. The molecule has 1 saturated heterocycles. The van der Waals surface area contributed by atoms with Gasteiger partial charge < -0.3 is 0 Å². The fourth-order valence-electron chi connectivity index (χ4n) is 2.59. The summed E-state index contributed by atoms with van der Waals surface area (Å²) in [6, 6.07) is 4.17. The van der Waals surface area contributed by atoms with Crippen LogP contribution in [0.15, 0.2) is 23.1 Å². The quantitative estimate of drug-likeness (QED) is 0.752. The van der Waals surface area contributed by atoms with Crippen LogP contribution in [0.25, 0.3) is 0 Å². The molecule has 0 unspecified atom stereocenters. The van der Waals surface area contributed by atoms with Gasteiger partial charge in [0.25, 0.3) is 0 Å². The summed E-state index contributed by atoms with van der Waals surface area (Å²) in [6.45, 7) is 3.99. The Bertz CT molecular complexity index is 847. The number of sulfonamides is 2. The first-order valence-corrected chi connectivity index (χ1v) is 10.8. The zero-order valence-corrected chi connectivity index (χ0v) is 15.7. The van der Waals surface area contributed by atoms with E-state index in [0.717, 1.165) is 17.1 Å². The van der Waals surface area contributed by atoms with E-state index in [1.54, 1.807) is 6.92 Å². The lowest BCUT2D eigenvalue weighted by Crippen LogP contribution is -2.30. The second-order valence-corrected chi connectivity index (χ2v) is 9.80. The maximum absolute atomic E-state index is 12.6. The number of carbonyl (C=O) groups is 1. The molecular weight excluding hydrogens is 352 g/mol. The van der Waals surface area contributed by atoms with Crippen LogP contribution in [0.5, 0.6) is 0 Å². The van der Waals surface area contributed by atoms with Gasteiger partial charge in [-0.25, -0.2) is 25.4 Å². The summed E-state index contributed by atoms with van der Waals surface area (Å²) in [5.74, 6) is -0.713. The molecule has 24 heavy (non-hydrogen) atoms. The number of nitrogens with zero attached hydrogens (tertiary/aromatic N) is 2. The summed E-state index contributed by atoms with van der Waals surface area (Å²) < 4.78 is 51.2. The first kappa shape index (κ1) is 18.9. The number of hydrogen-bond acceptors (Lipinski definition) is 5. The van der Waals surface area contributed by atoms with E-state index < -0.39 is 26.0 Å². The Morgan fingerprint density at radius 1 is 1.29 bits per heavy atom. The maximum Gasteiger partial charge on any atom is 0.243 e. The highest BCUT2D eigenvalue weighted by Crippen LogP contribution is 2.29. The van der Waals surface area contributed by atoms with Crippen molar-refractivity contribution in [1.82, 2.24) is 4.31 Å². The Morgan fingerprint density at radius 3 is 2.46 bits per heavy atom. The molecule has 1 aromatic rings. The predicted octanol–water partition coefficient (Wildman–Crippen LogP) is 1.48. The van der Waals surface area contributed by atoms with Gasteiger partial charge in [0.1, 0.15) is 0 Å². The predicted molar refractivity (Wildman–Crippen MR) is 91.8 cm³/mol. The highest BCUT2D eigenvalue weighted by atomic mass is 32.2. The normalized spacial score (nSPS) is 17.7. The minimum Gasteiger partial charge on any atom is -0.273 e. The number of benzene rings is 1. The van der Waals surface area contributed by atoms with Gasteiger partial charge >= 0.3 is 0 Å². The number of aryl methyl sites for hydroxylation is 1. The summed E-state index contributed by atoms with van der Waals surface area (Å²) in [6.07, 6.45) is 1.58. The molecular formula is C15H22N2O5S2. The van der Waals surface area contributed by atoms with Crippen LogP contribution in [0.1, 0.15) is 31.7 Å². The molecule has 0 bridgehead atoms. The van der Waals surface area contributed by atoms with Crippen LogP contribution in [0.2, 0.25) is 0 Å². The number of amides is 1. The zero-order valence-electron chi connectivity index (χ0n) is 14.0. The molecule has 0 aromatic heterocycles. The third-order valence-corrected chi connectivity index (χ3v) is 7.69. The van der Waals surface area contributed by atoms with Gasteiger partial charge in [-0.3, -0.25) is 4.79 Å². The molecule has 1 fully saturated rings. The lowest BCUT2D eigenvalue weighted by molar-refractivity contribution is -0.116. The third-order valence-electron chi connectivity index (χ3n) is 3.99. The van der Waals surface area contributed by atoms with Crippen molar-refractivity contribution >= 4 is 31.6 Å². The van der Waals surface area contributed by atoms with Crippen molar-refractivity contribution < 1.29 is 21.6 Å². The lowest BCUT2D eigenvalue weighted by Gasteiger charge is -2.20. The van der Waals surface area contributed by atoms with Crippen molar-refractivity contribution in [3.63, 3.8) is 0 Å². The van der Waals surface area contributed by atoms with E-state index >= 15 is 0 Å². The van der Waals surface area contributed by atoms with Gasteiger partial charge in [0.15, 0.2) is 0 Å². The lowest BCUT2D eigenvalue weighted by atomic mass is 10.2. The van der Waals surface area contributed by atoms with Crippen LogP contribution in [-0.2, 0) is 24.8 Å². The third kappa shape index (κ3) is 3.47. The van der Waals surface area contributed by atoms with Gasteiger partial charge in [0.2, 0.25) is 26.0 Å². The van der Waals surface area contributed by atoms with Crippen molar-refractivity contribution in [3.8, 4) is 0 Å². The van der Waals surface area contributed by atoms with E-state index in [0.29, 0.717) is 12.1 Å². The van der Waals surface area contributed by atoms with E-state index in [1.807, 2.05) is 6.92 Å². The molecule has 1 amide bonds. The second kappa shape index (κ2) is 6.81. The number of anilines is 1. The number of unbranched alkanes of at least 4 members (excludes halogenated alkanes) is 1. The molecule has 1 aliphatic rings. The minimum atomic E-state index is -3.66. The van der Waals surface area contributed by atoms with Gasteiger partial charge in [-0.2, -0.15) is 0 Å². The first-order chi connectivity index (χ1) is 11.1. The number of rotatable bonds is 6. The summed E-state index contributed by atoms with van der Waals surface area (Å²) >= 11 is 0. The minimum absolute atomic E-state index is 0.0544. The summed E-state index contributed by atoms with van der Waals surface area (Å²) in [7, 11) is -5.78. The van der Waals surface area contributed by atoms with Crippen LogP contribution >= 0.6 is 0 Å². The Labute approximate surface area is 143 Å². The van der Waals surface area contributed by atoms with Crippen LogP contribution in [0.3, 0.4) is 0 Å². The summed E-state index contributed by atoms with van der Waals surface area (Å²) in [4.78, 5) is 11.9. The SMILES string of the molecule is CCCCN(C)S(=O)(=O)c1ccc(N2C(=O)CCS2(=O)=O)cc1C. The largest absolute Gasteiger partial charge is 0.273 e. The molecule has 0 atom stereocenters. The second-order valence-electron chi connectivity index (χ2n) is 5.85. The molecule has 7 nitrogen and oxygen atoms in total. The van der Waals surface area contributed by atoms with Gasteiger partial charge in [-0.1, -0.05) is 13.3 Å². The van der Waals surface area contributed by atoms with Gasteiger partial charge in [-0.15, -0.1) is 0 Å². The Hall–Kier alpha value is -1.45. The van der Waals surface area contributed by atoms with Crippen molar-refractivity contribution in [2.24, 2.45) is 0 Å². The van der Waals surface area contributed by atoms with Crippen molar-refractivity contribution in [1.29, 1.82) is 0 Å². The van der Waals surface area contributed by atoms with Crippen molar-refractivity contribution in [2.75, 3.05) is 23.7 Å². The van der Waals surface area contributed by atoms with Crippen LogP contribution in [0, 0.1) is 6.92 Å². The van der Waals surface area contributed by atoms with Gasteiger partial charge in [0, 0.05) is 20.0 Å². The maximum atomic E-state index is 12.6. The molecule has 0 radical (unpaired) electrons. The molecule has 0 aliphatic carbocycles. The Balaban J connectivity index is 2.39. The molecule has 0 spiro atoms. The van der Waals surface area contributed by atoms with Crippen LogP contribution < -0.4 is 4.31 Å². The van der Waals surface area contributed by atoms with E-state index in [-0.39, 0.29) is 22.8 Å². The molecule has 1 aliphatic heterocycles.